The normalized spacial score (nSPS) is 27.2. The smallest absolute Gasteiger partial charge is 0.123 e. The van der Waals surface area contributed by atoms with Crippen LogP contribution in [-0.4, -0.2) is 24.4 Å². The molecule has 1 fully saturated rings. The van der Waals surface area contributed by atoms with E-state index in [1.165, 1.54) is 17.7 Å². The fraction of sp³-hybridized carbons (Fsp3) is 0.467. The summed E-state index contributed by atoms with van der Waals surface area (Å²) in [5.41, 5.74) is 1.74. The third-order valence-corrected chi connectivity index (χ3v) is 3.44. The van der Waals surface area contributed by atoms with E-state index in [4.69, 9.17) is 4.74 Å². The highest BCUT2D eigenvalue weighted by molar-refractivity contribution is 5.28. The molecule has 0 amide bonds. The van der Waals surface area contributed by atoms with Crippen molar-refractivity contribution in [2.45, 2.75) is 31.8 Å². The van der Waals surface area contributed by atoms with E-state index in [1.807, 2.05) is 13.8 Å². The largest absolute Gasteiger partial charge is 0.395 e. The number of halogens is 1. The Labute approximate surface area is 107 Å². The first-order valence-corrected chi connectivity index (χ1v) is 6.19. The van der Waals surface area contributed by atoms with Gasteiger partial charge >= 0.3 is 0 Å². The molecular formula is C15H19FO2. The molecule has 1 aromatic rings. The summed E-state index contributed by atoms with van der Waals surface area (Å²) in [4.78, 5) is 0. The molecule has 1 heterocycles. The van der Waals surface area contributed by atoms with Gasteiger partial charge in [-0.15, -0.1) is 0 Å². The standard InChI is InChI=1S/C15H19FO2/c1-11(2)7-14-8-15(9-17,10-18-14)12-3-5-13(16)6-4-12/h3-7,14,17H,8-10H2,1-2H3/t14-,15-/m1/s1. The summed E-state index contributed by atoms with van der Waals surface area (Å²) in [6.45, 7) is 4.55. The summed E-state index contributed by atoms with van der Waals surface area (Å²) in [5.74, 6) is -0.258. The van der Waals surface area contributed by atoms with Crippen LogP contribution < -0.4 is 0 Å². The Hall–Kier alpha value is -1.19. The van der Waals surface area contributed by atoms with Gasteiger partial charge in [-0.3, -0.25) is 0 Å². The third-order valence-electron chi connectivity index (χ3n) is 3.44. The van der Waals surface area contributed by atoms with Crippen molar-refractivity contribution in [3.63, 3.8) is 0 Å². The number of hydrogen-bond donors (Lipinski definition) is 1. The average molecular weight is 250 g/mol. The first-order valence-electron chi connectivity index (χ1n) is 6.19. The first-order chi connectivity index (χ1) is 8.55. The maximum absolute atomic E-state index is 12.9. The molecule has 0 unspecified atom stereocenters. The lowest BCUT2D eigenvalue weighted by Gasteiger charge is -2.25. The molecule has 2 atom stereocenters. The van der Waals surface area contributed by atoms with Gasteiger partial charge in [-0.25, -0.2) is 4.39 Å². The summed E-state index contributed by atoms with van der Waals surface area (Å²) in [7, 11) is 0. The Morgan fingerprint density at radius 1 is 1.44 bits per heavy atom. The molecule has 0 radical (unpaired) electrons. The Kier molecular flexibility index (Phi) is 3.83. The van der Waals surface area contributed by atoms with E-state index in [9.17, 15) is 9.50 Å². The first kappa shape index (κ1) is 13.2. The number of ether oxygens (including phenoxy) is 1. The molecule has 1 aromatic carbocycles. The molecule has 2 rings (SSSR count). The topological polar surface area (TPSA) is 29.5 Å². The van der Waals surface area contributed by atoms with Crippen LogP contribution in [0.15, 0.2) is 35.9 Å². The molecule has 0 spiro atoms. The molecular weight excluding hydrogens is 231 g/mol. The van der Waals surface area contributed by atoms with Crippen molar-refractivity contribution in [2.75, 3.05) is 13.2 Å². The van der Waals surface area contributed by atoms with Crippen molar-refractivity contribution in [1.82, 2.24) is 0 Å². The minimum Gasteiger partial charge on any atom is -0.395 e. The van der Waals surface area contributed by atoms with E-state index in [-0.39, 0.29) is 18.5 Å². The second-order valence-corrected chi connectivity index (χ2v) is 5.24. The van der Waals surface area contributed by atoms with Gasteiger partial charge in [-0.2, -0.15) is 0 Å². The van der Waals surface area contributed by atoms with Crippen LogP contribution in [0.3, 0.4) is 0 Å². The van der Waals surface area contributed by atoms with Crippen LogP contribution in [0.25, 0.3) is 0 Å². The average Bonchev–Trinajstić information content (AvgIpc) is 2.74. The molecule has 1 saturated heterocycles. The van der Waals surface area contributed by atoms with Gasteiger partial charge < -0.3 is 9.84 Å². The number of aliphatic hydroxyl groups excluding tert-OH is 1. The molecule has 18 heavy (non-hydrogen) atoms. The zero-order valence-electron chi connectivity index (χ0n) is 10.8. The number of benzene rings is 1. The summed E-state index contributed by atoms with van der Waals surface area (Å²) >= 11 is 0. The number of allylic oxidation sites excluding steroid dienone is 1. The molecule has 1 aliphatic heterocycles. The van der Waals surface area contributed by atoms with E-state index < -0.39 is 5.41 Å². The quantitative estimate of drug-likeness (QED) is 0.836. The minimum absolute atomic E-state index is 0.0196. The van der Waals surface area contributed by atoms with Gasteiger partial charge in [-0.05, 0) is 38.0 Å². The van der Waals surface area contributed by atoms with Crippen molar-refractivity contribution < 1.29 is 14.2 Å². The van der Waals surface area contributed by atoms with Crippen LogP contribution in [0.2, 0.25) is 0 Å². The van der Waals surface area contributed by atoms with Gasteiger partial charge in [-0.1, -0.05) is 23.8 Å². The van der Waals surface area contributed by atoms with E-state index in [1.54, 1.807) is 12.1 Å². The Morgan fingerprint density at radius 2 is 2.11 bits per heavy atom. The fourth-order valence-electron chi connectivity index (χ4n) is 2.45. The van der Waals surface area contributed by atoms with Crippen LogP contribution in [-0.2, 0) is 10.2 Å². The zero-order chi connectivity index (χ0) is 13.2. The SMILES string of the molecule is CC(C)=C[C@@H]1C[C@](CO)(c2ccc(F)cc2)CO1. The van der Waals surface area contributed by atoms with Crippen LogP contribution in [0.1, 0.15) is 25.8 Å². The van der Waals surface area contributed by atoms with Gasteiger partial charge in [0, 0.05) is 5.41 Å². The highest BCUT2D eigenvalue weighted by Gasteiger charge is 2.40. The number of rotatable bonds is 3. The van der Waals surface area contributed by atoms with E-state index in [0.29, 0.717) is 6.61 Å². The van der Waals surface area contributed by atoms with Crippen LogP contribution in [0.5, 0.6) is 0 Å². The van der Waals surface area contributed by atoms with Crippen LogP contribution >= 0.6 is 0 Å². The monoisotopic (exact) mass is 250 g/mol. The van der Waals surface area contributed by atoms with Crippen molar-refractivity contribution in [1.29, 1.82) is 0 Å². The Morgan fingerprint density at radius 3 is 2.67 bits per heavy atom. The molecule has 1 N–H and O–H groups in total. The van der Waals surface area contributed by atoms with Crippen LogP contribution in [0, 0.1) is 5.82 Å². The van der Waals surface area contributed by atoms with Crippen LogP contribution in [0.4, 0.5) is 4.39 Å². The number of aliphatic hydroxyl groups is 1. The highest BCUT2D eigenvalue weighted by atomic mass is 19.1. The predicted molar refractivity (Wildman–Crippen MR) is 69.0 cm³/mol. The van der Waals surface area contributed by atoms with Gasteiger partial charge in [0.25, 0.3) is 0 Å². The van der Waals surface area contributed by atoms with E-state index in [0.717, 1.165) is 12.0 Å². The highest BCUT2D eigenvalue weighted by Crippen LogP contribution is 2.36. The van der Waals surface area contributed by atoms with Gasteiger partial charge in [0.15, 0.2) is 0 Å². The fourth-order valence-corrected chi connectivity index (χ4v) is 2.45. The lowest BCUT2D eigenvalue weighted by atomic mass is 9.79. The summed E-state index contributed by atoms with van der Waals surface area (Å²) < 4.78 is 18.7. The maximum Gasteiger partial charge on any atom is 0.123 e. The molecule has 3 heteroatoms. The lowest BCUT2D eigenvalue weighted by Crippen LogP contribution is -2.31. The zero-order valence-corrected chi connectivity index (χ0v) is 10.8. The molecule has 2 nitrogen and oxygen atoms in total. The molecule has 98 valence electrons. The van der Waals surface area contributed by atoms with Gasteiger partial charge in [0.2, 0.25) is 0 Å². The molecule has 0 aliphatic carbocycles. The predicted octanol–water partition coefficient (Wildman–Crippen LogP) is 2.81. The van der Waals surface area contributed by atoms with Gasteiger partial charge in [0.05, 0.1) is 19.3 Å². The molecule has 0 saturated carbocycles. The number of hydrogen-bond acceptors (Lipinski definition) is 2. The molecule has 1 aliphatic rings. The summed E-state index contributed by atoms with van der Waals surface area (Å²) in [6.07, 6.45) is 2.84. The third kappa shape index (κ3) is 2.62. The lowest BCUT2D eigenvalue weighted by molar-refractivity contribution is 0.116. The summed E-state index contributed by atoms with van der Waals surface area (Å²) in [5, 5.41) is 9.70. The van der Waals surface area contributed by atoms with E-state index in [2.05, 4.69) is 6.08 Å². The Balaban J connectivity index is 2.23. The van der Waals surface area contributed by atoms with E-state index >= 15 is 0 Å². The summed E-state index contributed by atoms with van der Waals surface area (Å²) in [6, 6.07) is 6.33. The van der Waals surface area contributed by atoms with Gasteiger partial charge in [0.1, 0.15) is 5.82 Å². The molecule has 0 bridgehead atoms. The van der Waals surface area contributed by atoms with Crippen molar-refractivity contribution in [3.8, 4) is 0 Å². The minimum atomic E-state index is -0.398. The second-order valence-electron chi connectivity index (χ2n) is 5.24. The second kappa shape index (κ2) is 5.21. The Bertz CT molecular complexity index is 434. The maximum atomic E-state index is 12.9. The molecule has 0 aromatic heterocycles. The van der Waals surface area contributed by atoms with Crippen molar-refractivity contribution in [2.24, 2.45) is 0 Å². The van der Waals surface area contributed by atoms with Crippen molar-refractivity contribution >= 4 is 0 Å². The van der Waals surface area contributed by atoms with Crippen molar-refractivity contribution in [3.05, 3.63) is 47.3 Å².